The second kappa shape index (κ2) is 4.02. The molecule has 0 saturated heterocycles. The van der Waals surface area contributed by atoms with E-state index >= 15 is 0 Å². The van der Waals surface area contributed by atoms with Gasteiger partial charge in [-0.3, -0.25) is 4.79 Å². The fraction of sp³-hybridized carbons (Fsp3) is 0.286. The normalized spacial score (nSPS) is 12.8. The van der Waals surface area contributed by atoms with Crippen LogP contribution in [0, 0.1) is 0 Å². The summed E-state index contributed by atoms with van der Waals surface area (Å²) in [5, 5.41) is 10.4. The molecule has 5 heteroatoms. The fourth-order valence-electron chi connectivity index (χ4n) is 0.765. The number of hydrogen-bond donors (Lipinski definition) is 2. The Bertz CT molecular complexity index is 287. The molecule has 0 spiro atoms. The van der Waals surface area contributed by atoms with Gasteiger partial charge in [-0.2, -0.15) is 0 Å². The number of halogens is 1. The highest BCUT2D eigenvalue weighted by atomic mass is 79.9. The third kappa shape index (κ3) is 2.58. The first-order valence-electron chi connectivity index (χ1n) is 3.31. The number of nitrogens with two attached hydrogens (primary N) is 1. The van der Waals surface area contributed by atoms with E-state index in [1.807, 2.05) is 11.4 Å². The molecule has 3 N–H and O–H groups in total. The highest BCUT2D eigenvalue weighted by Gasteiger charge is 2.12. The summed E-state index contributed by atoms with van der Waals surface area (Å²) in [7, 11) is 0. The number of hydrogen-bond acceptors (Lipinski definition) is 3. The molecule has 0 radical (unpaired) electrons. The van der Waals surface area contributed by atoms with Gasteiger partial charge in [0.05, 0.1) is 0 Å². The van der Waals surface area contributed by atoms with Crippen LogP contribution in [0.5, 0.6) is 0 Å². The van der Waals surface area contributed by atoms with Gasteiger partial charge in [-0.05, 0) is 22.0 Å². The Morgan fingerprint density at radius 1 is 1.83 bits per heavy atom. The van der Waals surface area contributed by atoms with Gasteiger partial charge < -0.3 is 10.8 Å². The molecule has 66 valence electrons. The monoisotopic (exact) mass is 249 g/mol. The van der Waals surface area contributed by atoms with Crippen LogP contribution in [-0.2, 0) is 11.2 Å². The minimum absolute atomic E-state index is 0.394. The first-order valence-corrected chi connectivity index (χ1v) is 4.98. The predicted molar refractivity (Wildman–Crippen MR) is 51.3 cm³/mol. The van der Waals surface area contributed by atoms with Gasteiger partial charge in [-0.25, -0.2) is 0 Å². The Kier molecular flexibility index (Phi) is 3.25. The summed E-state index contributed by atoms with van der Waals surface area (Å²) in [5.41, 5.74) is 5.35. The first-order chi connectivity index (χ1) is 5.59. The zero-order valence-electron chi connectivity index (χ0n) is 6.16. The van der Waals surface area contributed by atoms with Crippen LogP contribution in [0.3, 0.4) is 0 Å². The number of carboxylic acid groups (broad SMARTS) is 1. The molecule has 1 atom stereocenters. The molecule has 0 aliphatic heterocycles. The summed E-state index contributed by atoms with van der Waals surface area (Å²) in [4.78, 5) is 11.4. The first kappa shape index (κ1) is 9.70. The SMILES string of the molecule is NC(Cc1cc(Br)cs1)C(=O)O. The lowest BCUT2D eigenvalue weighted by Crippen LogP contribution is -2.31. The lowest BCUT2D eigenvalue weighted by molar-refractivity contribution is -0.138. The summed E-state index contributed by atoms with van der Waals surface area (Å²) in [6.45, 7) is 0. The topological polar surface area (TPSA) is 63.3 Å². The van der Waals surface area contributed by atoms with E-state index in [9.17, 15) is 4.79 Å². The van der Waals surface area contributed by atoms with Crippen LogP contribution in [-0.4, -0.2) is 17.1 Å². The van der Waals surface area contributed by atoms with E-state index in [-0.39, 0.29) is 0 Å². The third-order valence-electron chi connectivity index (χ3n) is 1.36. The molecular formula is C7H8BrNO2S. The second-order valence-corrected chi connectivity index (χ2v) is 4.29. The standard InChI is InChI=1S/C7H8BrNO2S/c8-4-1-5(12-3-4)2-6(9)7(10)11/h1,3,6H,2,9H2,(H,10,11). The Morgan fingerprint density at radius 2 is 2.50 bits per heavy atom. The molecule has 1 rings (SSSR count). The molecule has 1 heterocycles. The maximum atomic E-state index is 10.4. The van der Waals surface area contributed by atoms with Gasteiger partial charge in [-0.15, -0.1) is 11.3 Å². The van der Waals surface area contributed by atoms with E-state index in [4.69, 9.17) is 10.8 Å². The lowest BCUT2D eigenvalue weighted by atomic mass is 10.2. The number of carbonyl (C=O) groups is 1. The van der Waals surface area contributed by atoms with E-state index in [1.54, 1.807) is 0 Å². The minimum atomic E-state index is -0.959. The highest BCUT2D eigenvalue weighted by Crippen LogP contribution is 2.20. The van der Waals surface area contributed by atoms with Gasteiger partial charge in [0.15, 0.2) is 0 Å². The molecule has 0 fully saturated rings. The molecule has 3 nitrogen and oxygen atoms in total. The summed E-state index contributed by atoms with van der Waals surface area (Å²) >= 11 is 4.79. The van der Waals surface area contributed by atoms with Gasteiger partial charge in [0.2, 0.25) is 0 Å². The van der Waals surface area contributed by atoms with Crippen molar-refractivity contribution in [3.63, 3.8) is 0 Å². The molecule has 1 unspecified atom stereocenters. The molecule has 0 saturated carbocycles. The van der Waals surface area contributed by atoms with Gasteiger partial charge in [0.25, 0.3) is 0 Å². The second-order valence-electron chi connectivity index (χ2n) is 2.38. The number of thiophene rings is 1. The number of aliphatic carboxylic acids is 1. The minimum Gasteiger partial charge on any atom is -0.480 e. The van der Waals surface area contributed by atoms with Crippen molar-refractivity contribution >= 4 is 33.2 Å². The third-order valence-corrected chi connectivity index (χ3v) is 3.08. The van der Waals surface area contributed by atoms with Crippen LogP contribution in [0.15, 0.2) is 15.9 Å². The summed E-state index contributed by atoms with van der Waals surface area (Å²) in [5.74, 6) is -0.959. The Hall–Kier alpha value is -0.390. The smallest absolute Gasteiger partial charge is 0.320 e. The number of carboxylic acids is 1. The largest absolute Gasteiger partial charge is 0.480 e. The van der Waals surface area contributed by atoms with E-state index in [0.29, 0.717) is 6.42 Å². The zero-order chi connectivity index (χ0) is 9.14. The van der Waals surface area contributed by atoms with Crippen LogP contribution in [0.4, 0.5) is 0 Å². The molecule has 0 aromatic carbocycles. The van der Waals surface area contributed by atoms with E-state index < -0.39 is 12.0 Å². The van der Waals surface area contributed by atoms with Crippen LogP contribution in [0.1, 0.15) is 4.88 Å². The van der Waals surface area contributed by atoms with Crippen LogP contribution >= 0.6 is 27.3 Å². The van der Waals surface area contributed by atoms with E-state index in [2.05, 4.69) is 15.9 Å². The molecule has 1 aromatic rings. The summed E-state index contributed by atoms with van der Waals surface area (Å²) in [6, 6.07) is 1.09. The van der Waals surface area contributed by atoms with E-state index in [0.717, 1.165) is 9.35 Å². The van der Waals surface area contributed by atoms with Crippen molar-refractivity contribution in [1.82, 2.24) is 0 Å². The van der Waals surface area contributed by atoms with Gasteiger partial charge >= 0.3 is 5.97 Å². The molecule has 0 amide bonds. The highest BCUT2D eigenvalue weighted by molar-refractivity contribution is 9.10. The Morgan fingerprint density at radius 3 is 2.92 bits per heavy atom. The van der Waals surface area contributed by atoms with Crippen molar-refractivity contribution in [1.29, 1.82) is 0 Å². The maximum Gasteiger partial charge on any atom is 0.320 e. The molecular weight excluding hydrogens is 242 g/mol. The summed E-state index contributed by atoms with van der Waals surface area (Å²) in [6.07, 6.45) is 0.394. The van der Waals surface area contributed by atoms with Crippen molar-refractivity contribution in [2.24, 2.45) is 5.73 Å². The Balaban J connectivity index is 2.58. The van der Waals surface area contributed by atoms with Crippen LogP contribution < -0.4 is 5.73 Å². The maximum absolute atomic E-state index is 10.4. The van der Waals surface area contributed by atoms with Gasteiger partial charge in [0, 0.05) is 21.2 Å². The van der Waals surface area contributed by atoms with Crippen molar-refractivity contribution in [3.05, 3.63) is 20.8 Å². The van der Waals surface area contributed by atoms with Crippen LogP contribution in [0.25, 0.3) is 0 Å². The van der Waals surface area contributed by atoms with Gasteiger partial charge in [0.1, 0.15) is 6.04 Å². The average Bonchev–Trinajstić information content (AvgIpc) is 2.35. The van der Waals surface area contributed by atoms with Crippen molar-refractivity contribution in [2.45, 2.75) is 12.5 Å². The van der Waals surface area contributed by atoms with Crippen molar-refractivity contribution in [2.75, 3.05) is 0 Å². The quantitative estimate of drug-likeness (QED) is 0.853. The Labute approximate surface area is 82.3 Å². The van der Waals surface area contributed by atoms with Crippen molar-refractivity contribution in [3.8, 4) is 0 Å². The molecule has 0 aliphatic carbocycles. The zero-order valence-corrected chi connectivity index (χ0v) is 8.56. The molecule has 0 bridgehead atoms. The van der Waals surface area contributed by atoms with Gasteiger partial charge in [-0.1, -0.05) is 0 Å². The summed E-state index contributed by atoms with van der Waals surface area (Å²) < 4.78 is 0.972. The van der Waals surface area contributed by atoms with Crippen molar-refractivity contribution < 1.29 is 9.90 Å². The van der Waals surface area contributed by atoms with E-state index in [1.165, 1.54) is 11.3 Å². The fourth-order valence-corrected chi connectivity index (χ4v) is 2.28. The lowest BCUT2D eigenvalue weighted by Gasteiger charge is -2.02. The molecule has 0 aliphatic rings. The molecule has 12 heavy (non-hydrogen) atoms. The number of rotatable bonds is 3. The average molecular weight is 250 g/mol. The molecule has 1 aromatic heterocycles. The van der Waals surface area contributed by atoms with Crippen LogP contribution in [0.2, 0.25) is 0 Å². The predicted octanol–water partition coefficient (Wildman–Crippen LogP) is 1.47.